The van der Waals surface area contributed by atoms with Crippen molar-refractivity contribution >= 4 is 27.5 Å². The average molecular weight is 535 g/mol. The van der Waals surface area contributed by atoms with Crippen molar-refractivity contribution in [3.63, 3.8) is 0 Å². The second-order valence-corrected chi connectivity index (χ2v) is 12.1. The number of nitrogens with zero attached hydrogens (tertiary/aromatic N) is 1. The second kappa shape index (κ2) is 12.1. The summed E-state index contributed by atoms with van der Waals surface area (Å²) in [6, 6.07) is 12.4. The zero-order chi connectivity index (χ0) is 27.2. The van der Waals surface area contributed by atoms with E-state index < -0.39 is 40.4 Å². The van der Waals surface area contributed by atoms with E-state index in [1.54, 1.807) is 20.8 Å². The molecule has 1 amide bonds. The smallest absolute Gasteiger partial charge is 0.407 e. The van der Waals surface area contributed by atoms with Crippen molar-refractivity contribution in [3.05, 3.63) is 54.1 Å². The lowest BCUT2D eigenvalue weighted by molar-refractivity contribution is -0.145. The van der Waals surface area contributed by atoms with E-state index in [1.165, 1.54) is 18.2 Å². The summed E-state index contributed by atoms with van der Waals surface area (Å²) in [6.45, 7) is 4.78. The minimum Gasteiger partial charge on any atom is -0.444 e. The number of rotatable bonds is 10. The molecule has 0 bridgehead atoms. The molecule has 0 saturated heterocycles. The number of hydrogen-bond donors (Lipinski definition) is 4. The Morgan fingerprint density at radius 1 is 1.11 bits per heavy atom. The molecule has 0 aromatic heterocycles. The Labute approximate surface area is 218 Å². The van der Waals surface area contributed by atoms with E-state index in [0.29, 0.717) is 12.8 Å². The zero-order valence-corrected chi connectivity index (χ0v) is 22.4. The number of carbonyl (C=O) groups is 1. The number of hydrogen-bond acceptors (Lipinski definition) is 8. The number of anilines is 2. The van der Waals surface area contributed by atoms with Crippen molar-refractivity contribution in [1.82, 2.24) is 9.79 Å². The van der Waals surface area contributed by atoms with Gasteiger partial charge in [-0.1, -0.05) is 47.6 Å². The number of carbonyl (C=O) groups excluding carboxylic acids is 1. The molecule has 0 aliphatic heterocycles. The van der Waals surface area contributed by atoms with Gasteiger partial charge in [0.25, 0.3) is 10.0 Å². The SMILES string of the molecule is CC(C)(C)OC(=O)N[C@@H](Cc1ccccc1)[C@@H](O)CN(OC1CCCC1)S(=O)(=O)c1ccc(N)c(N)c1. The Bertz CT molecular complexity index is 1150. The van der Waals surface area contributed by atoms with Crippen LogP contribution in [0.15, 0.2) is 53.4 Å². The van der Waals surface area contributed by atoms with Gasteiger partial charge in [-0.25, -0.2) is 13.2 Å². The molecule has 204 valence electrons. The number of aliphatic hydroxyl groups excluding tert-OH is 1. The molecule has 1 fully saturated rings. The number of ether oxygens (including phenoxy) is 1. The number of nitrogen functional groups attached to an aromatic ring is 2. The summed E-state index contributed by atoms with van der Waals surface area (Å²) in [5.74, 6) is 0. The lowest BCUT2D eigenvalue weighted by atomic mass is 10.0. The van der Waals surface area contributed by atoms with E-state index in [9.17, 15) is 18.3 Å². The fraction of sp³-hybridized carbons (Fsp3) is 0.500. The Hall–Kier alpha value is -2.86. The summed E-state index contributed by atoms with van der Waals surface area (Å²) >= 11 is 0. The minimum absolute atomic E-state index is 0.107. The topological polar surface area (TPSA) is 157 Å². The van der Waals surface area contributed by atoms with Gasteiger partial charge in [-0.3, -0.25) is 4.84 Å². The van der Waals surface area contributed by atoms with Crippen molar-refractivity contribution in [2.24, 2.45) is 0 Å². The lowest BCUT2D eigenvalue weighted by Crippen LogP contribution is -2.51. The molecule has 37 heavy (non-hydrogen) atoms. The first kappa shape index (κ1) is 28.7. The fourth-order valence-electron chi connectivity index (χ4n) is 4.08. The normalized spacial score (nSPS) is 16.5. The van der Waals surface area contributed by atoms with Gasteiger partial charge in [0.1, 0.15) is 5.60 Å². The van der Waals surface area contributed by atoms with Crippen molar-refractivity contribution in [2.45, 2.75) is 81.6 Å². The van der Waals surface area contributed by atoms with Crippen LogP contribution in [0.1, 0.15) is 52.0 Å². The third kappa shape index (κ3) is 8.32. The predicted molar refractivity (Wildman–Crippen MR) is 142 cm³/mol. The summed E-state index contributed by atoms with van der Waals surface area (Å²) in [5, 5.41) is 14.0. The van der Waals surface area contributed by atoms with Crippen molar-refractivity contribution < 1.29 is 27.9 Å². The highest BCUT2D eigenvalue weighted by Crippen LogP contribution is 2.28. The number of amides is 1. The molecule has 1 aliphatic rings. The molecule has 11 heteroatoms. The highest BCUT2D eigenvalue weighted by Gasteiger charge is 2.35. The van der Waals surface area contributed by atoms with Crippen LogP contribution in [-0.2, 0) is 26.0 Å². The van der Waals surface area contributed by atoms with E-state index in [-0.39, 0.29) is 28.8 Å². The Kier molecular flexibility index (Phi) is 9.41. The summed E-state index contributed by atoms with van der Waals surface area (Å²) < 4.78 is 33.4. The number of sulfonamides is 1. The lowest BCUT2D eigenvalue weighted by Gasteiger charge is -2.31. The Balaban J connectivity index is 1.88. The summed E-state index contributed by atoms with van der Waals surface area (Å²) in [6.07, 6.45) is 1.15. The van der Waals surface area contributed by atoms with Gasteiger partial charge in [-0.15, -0.1) is 0 Å². The van der Waals surface area contributed by atoms with Crippen molar-refractivity contribution in [1.29, 1.82) is 0 Å². The first-order chi connectivity index (χ1) is 17.3. The van der Waals surface area contributed by atoms with Crippen LogP contribution >= 0.6 is 0 Å². The third-order valence-electron chi connectivity index (χ3n) is 5.99. The molecule has 0 radical (unpaired) electrons. The monoisotopic (exact) mass is 534 g/mol. The number of aliphatic hydroxyl groups is 1. The predicted octanol–water partition coefficient (Wildman–Crippen LogP) is 3.21. The number of benzene rings is 2. The quantitative estimate of drug-likeness (QED) is 0.267. The van der Waals surface area contributed by atoms with Gasteiger partial charge in [-0.05, 0) is 63.8 Å². The van der Waals surface area contributed by atoms with Crippen molar-refractivity contribution in [2.75, 3.05) is 18.0 Å². The van der Waals surface area contributed by atoms with Gasteiger partial charge in [0, 0.05) is 0 Å². The van der Waals surface area contributed by atoms with Gasteiger partial charge in [-0.2, -0.15) is 0 Å². The molecule has 2 aromatic rings. The van der Waals surface area contributed by atoms with Gasteiger partial charge >= 0.3 is 6.09 Å². The maximum absolute atomic E-state index is 13.6. The van der Waals surface area contributed by atoms with E-state index in [4.69, 9.17) is 21.0 Å². The van der Waals surface area contributed by atoms with Crippen LogP contribution in [0, 0.1) is 0 Å². The summed E-state index contributed by atoms with van der Waals surface area (Å²) in [5.41, 5.74) is 12.1. The molecule has 10 nitrogen and oxygen atoms in total. The Morgan fingerprint density at radius 3 is 2.35 bits per heavy atom. The fourth-order valence-corrected chi connectivity index (χ4v) is 5.41. The largest absolute Gasteiger partial charge is 0.444 e. The van der Waals surface area contributed by atoms with Gasteiger partial charge in [0.15, 0.2) is 0 Å². The van der Waals surface area contributed by atoms with Crippen LogP contribution in [0.25, 0.3) is 0 Å². The van der Waals surface area contributed by atoms with Crippen LogP contribution in [0.3, 0.4) is 0 Å². The Morgan fingerprint density at radius 2 is 1.76 bits per heavy atom. The molecule has 1 aliphatic carbocycles. The molecular weight excluding hydrogens is 496 g/mol. The van der Waals surface area contributed by atoms with Crippen LogP contribution in [0.5, 0.6) is 0 Å². The van der Waals surface area contributed by atoms with Crippen molar-refractivity contribution in [3.8, 4) is 0 Å². The second-order valence-electron chi connectivity index (χ2n) is 10.3. The van der Waals surface area contributed by atoms with E-state index in [1.807, 2.05) is 30.3 Å². The van der Waals surface area contributed by atoms with E-state index in [0.717, 1.165) is 22.9 Å². The molecule has 3 rings (SSSR count). The molecule has 0 heterocycles. The molecule has 2 atom stereocenters. The number of alkyl carbamates (subject to hydrolysis) is 1. The minimum atomic E-state index is -4.21. The number of nitrogens with two attached hydrogens (primary N) is 2. The van der Waals surface area contributed by atoms with Gasteiger partial charge < -0.3 is 26.6 Å². The summed E-state index contributed by atoms with van der Waals surface area (Å²) in [4.78, 5) is 18.4. The number of hydroxylamine groups is 1. The first-order valence-electron chi connectivity index (χ1n) is 12.4. The van der Waals surface area contributed by atoms with E-state index >= 15 is 0 Å². The maximum Gasteiger partial charge on any atom is 0.407 e. The maximum atomic E-state index is 13.6. The molecule has 0 spiro atoms. The highest BCUT2D eigenvalue weighted by molar-refractivity contribution is 7.89. The highest BCUT2D eigenvalue weighted by atomic mass is 32.2. The standard InChI is InChI=1S/C26H38N4O6S/c1-26(2,3)35-25(32)29-23(15-18-9-5-4-6-10-18)24(31)17-30(36-19-11-7-8-12-19)37(33,34)20-13-14-21(27)22(28)16-20/h4-6,9-10,13-14,16,19,23-24,31H,7-8,11-12,15,17,27-28H2,1-3H3,(H,29,32)/t23-,24-/m0/s1. The van der Waals surface area contributed by atoms with Gasteiger partial charge in [0.2, 0.25) is 0 Å². The summed E-state index contributed by atoms with van der Waals surface area (Å²) in [7, 11) is -4.21. The van der Waals surface area contributed by atoms with E-state index in [2.05, 4.69) is 5.32 Å². The molecule has 0 unspecified atom stereocenters. The first-order valence-corrected chi connectivity index (χ1v) is 13.8. The van der Waals surface area contributed by atoms with Crippen LogP contribution in [0.2, 0.25) is 0 Å². The van der Waals surface area contributed by atoms with Crippen LogP contribution in [0.4, 0.5) is 16.2 Å². The molecule has 1 saturated carbocycles. The van der Waals surface area contributed by atoms with Crippen LogP contribution < -0.4 is 16.8 Å². The molecule has 6 N–H and O–H groups in total. The third-order valence-corrected chi connectivity index (χ3v) is 7.62. The van der Waals surface area contributed by atoms with Crippen LogP contribution in [-0.4, -0.2) is 54.5 Å². The zero-order valence-electron chi connectivity index (χ0n) is 21.6. The average Bonchev–Trinajstić information content (AvgIpc) is 3.32. The van der Waals surface area contributed by atoms with Gasteiger partial charge in [0.05, 0.1) is 41.1 Å². The molecular formula is C26H38N4O6S. The number of nitrogens with one attached hydrogen (secondary N) is 1. The molecule has 2 aromatic carbocycles.